The van der Waals surface area contributed by atoms with Crippen LogP contribution in [0.3, 0.4) is 0 Å². The monoisotopic (exact) mass is 315 g/mol. The number of hydrogen-bond donors (Lipinski definition) is 0. The molecule has 0 saturated carbocycles. The maximum absolute atomic E-state index is 12.0. The average molecular weight is 315 g/mol. The molecular weight excluding hydrogens is 294 g/mol. The van der Waals surface area contributed by atoms with Crippen LogP contribution in [0.5, 0.6) is 5.75 Å². The second-order valence-electron chi connectivity index (χ2n) is 6.59. The molecule has 0 bridgehead atoms. The third-order valence-corrected chi connectivity index (χ3v) is 3.20. The SMILES string of the molecule is CC(=O)CN(Cc1ccccc1)c1c(OC(C)(C)C)c(=O)c1=O. The van der Waals surface area contributed by atoms with E-state index in [0.717, 1.165) is 5.56 Å². The van der Waals surface area contributed by atoms with Gasteiger partial charge in [0.2, 0.25) is 0 Å². The lowest BCUT2D eigenvalue weighted by molar-refractivity contribution is -0.115. The summed E-state index contributed by atoms with van der Waals surface area (Å²) >= 11 is 0. The van der Waals surface area contributed by atoms with Gasteiger partial charge in [-0.1, -0.05) is 30.3 Å². The number of carbonyl (C=O) groups is 1. The molecule has 0 unspecified atom stereocenters. The zero-order chi connectivity index (χ0) is 17.2. The number of hydrogen-bond acceptors (Lipinski definition) is 5. The van der Waals surface area contributed by atoms with Crippen LogP contribution in [0.2, 0.25) is 0 Å². The Labute approximate surface area is 135 Å². The first-order valence-electron chi connectivity index (χ1n) is 7.49. The maximum Gasteiger partial charge on any atom is 0.272 e. The molecule has 0 aliphatic heterocycles. The van der Waals surface area contributed by atoms with Crippen molar-refractivity contribution in [2.75, 3.05) is 11.4 Å². The smallest absolute Gasteiger partial charge is 0.272 e. The van der Waals surface area contributed by atoms with Gasteiger partial charge in [-0.15, -0.1) is 0 Å². The van der Waals surface area contributed by atoms with Crippen LogP contribution in [0.1, 0.15) is 33.3 Å². The van der Waals surface area contributed by atoms with E-state index in [1.165, 1.54) is 6.92 Å². The van der Waals surface area contributed by atoms with Gasteiger partial charge in [-0.05, 0) is 33.3 Å². The minimum atomic E-state index is -0.628. The Kier molecular flexibility index (Phi) is 4.68. The maximum atomic E-state index is 12.0. The van der Waals surface area contributed by atoms with Crippen LogP contribution < -0.4 is 20.5 Å². The van der Waals surface area contributed by atoms with Crippen molar-refractivity contribution in [2.24, 2.45) is 0 Å². The molecule has 0 aliphatic carbocycles. The van der Waals surface area contributed by atoms with Crippen molar-refractivity contribution >= 4 is 11.5 Å². The third-order valence-electron chi connectivity index (χ3n) is 3.20. The minimum absolute atomic E-state index is 0.0553. The lowest BCUT2D eigenvalue weighted by Crippen LogP contribution is -2.44. The first-order valence-corrected chi connectivity index (χ1v) is 7.49. The predicted molar refractivity (Wildman–Crippen MR) is 89.9 cm³/mol. The summed E-state index contributed by atoms with van der Waals surface area (Å²) in [5.74, 6) is -0.0321. The quantitative estimate of drug-likeness (QED) is 0.764. The fourth-order valence-corrected chi connectivity index (χ4v) is 2.33. The lowest BCUT2D eigenvalue weighted by Gasteiger charge is -2.29. The summed E-state index contributed by atoms with van der Waals surface area (Å²) in [7, 11) is 0. The first-order chi connectivity index (χ1) is 10.7. The molecule has 0 amide bonds. The molecule has 0 fully saturated rings. The van der Waals surface area contributed by atoms with Gasteiger partial charge in [0.25, 0.3) is 10.9 Å². The van der Waals surface area contributed by atoms with E-state index in [-0.39, 0.29) is 23.8 Å². The highest BCUT2D eigenvalue weighted by molar-refractivity contribution is 5.82. The summed E-state index contributed by atoms with van der Waals surface area (Å²) in [4.78, 5) is 37.1. The van der Waals surface area contributed by atoms with E-state index in [1.807, 2.05) is 30.3 Å². The van der Waals surface area contributed by atoms with Crippen LogP contribution in [-0.4, -0.2) is 17.9 Å². The van der Waals surface area contributed by atoms with Gasteiger partial charge in [0.15, 0.2) is 5.75 Å². The van der Waals surface area contributed by atoms with Crippen molar-refractivity contribution in [1.29, 1.82) is 0 Å². The normalized spacial score (nSPS) is 11.5. The van der Waals surface area contributed by atoms with Gasteiger partial charge in [0, 0.05) is 6.54 Å². The Hall–Kier alpha value is -2.43. The van der Waals surface area contributed by atoms with Crippen LogP contribution in [-0.2, 0) is 11.3 Å². The summed E-state index contributed by atoms with van der Waals surface area (Å²) in [6.07, 6.45) is 0. The molecule has 122 valence electrons. The van der Waals surface area contributed by atoms with E-state index in [2.05, 4.69) is 0 Å². The Morgan fingerprint density at radius 1 is 1.09 bits per heavy atom. The first kappa shape index (κ1) is 16.9. The Bertz CT molecular complexity index is 765. The van der Waals surface area contributed by atoms with Gasteiger partial charge in [-0.3, -0.25) is 14.4 Å². The highest BCUT2D eigenvalue weighted by Gasteiger charge is 2.31. The van der Waals surface area contributed by atoms with Gasteiger partial charge in [0.05, 0.1) is 6.54 Å². The van der Waals surface area contributed by atoms with E-state index in [1.54, 1.807) is 25.7 Å². The molecule has 0 aromatic heterocycles. The number of rotatable bonds is 6. The standard InChI is InChI=1S/C18H21NO4/c1-12(20)10-19(11-13-8-6-5-7-9-13)14-15(21)16(22)17(14)23-18(2,3)4/h5-9H,10-11H2,1-4H3. The van der Waals surface area contributed by atoms with Crippen molar-refractivity contribution in [2.45, 2.75) is 39.8 Å². The molecule has 0 radical (unpaired) electrons. The summed E-state index contributed by atoms with van der Waals surface area (Å²) in [6, 6.07) is 9.47. The number of anilines is 1. The van der Waals surface area contributed by atoms with Crippen LogP contribution in [0.15, 0.2) is 39.9 Å². The minimum Gasteiger partial charge on any atom is -0.482 e. The molecule has 0 N–H and O–H groups in total. The third kappa shape index (κ3) is 4.06. The molecule has 0 saturated heterocycles. The van der Waals surface area contributed by atoms with Gasteiger partial charge < -0.3 is 9.64 Å². The molecule has 0 aliphatic rings. The fraction of sp³-hybridized carbons (Fsp3) is 0.389. The second kappa shape index (κ2) is 6.36. The lowest BCUT2D eigenvalue weighted by atomic mass is 10.1. The van der Waals surface area contributed by atoms with Gasteiger partial charge in [-0.25, -0.2) is 0 Å². The van der Waals surface area contributed by atoms with E-state index in [0.29, 0.717) is 6.54 Å². The molecule has 2 aromatic carbocycles. The van der Waals surface area contributed by atoms with E-state index in [9.17, 15) is 14.4 Å². The van der Waals surface area contributed by atoms with Crippen molar-refractivity contribution in [3.05, 3.63) is 56.3 Å². The van der Waals surface area contributed by atoms with Crippen molar-refractivity contribution < 1.29 is 9.53 Å². The second-order valence-corrected chi connectivity index (χ2v) is 6.59. The van der Waals surface area contributed by atoms with Gasteiger partial charge >= 0.3 is 0 Å². The number of Topliss-reactive ketones (excluding diaryl/α,β-unsaturated/α-hetero) is 1. The van der Waals surface area contributed by atoms with Crippen LogP contribution in [0.4, 0.5) is 5.69 Å². The Morgan fingerprint density at radius 2 is 1.70 bits per heavy atom. The molecule has 5 heteroatoms. The number of ether oxygens (including phenoxy) is 1. The molecule has 23 heavy (non-hydrogen) atoms. The number of ketones is 1. The zero-order valence-electron chi connectivity index (χ0n) is 13.9. The highest BCUT2D eigenvalue weighted by Crippen LogP contribution is 2.27. The number of carbonyl (C=O) groups excluding carboxylic acids is 1. The van der Waals surface area contributed by atoms with Crippen molar-refractivity contribution in [1.82, 2.24) is 0 Å². The van der Waals surface area contributed by atoms with Crippen LogP contribution in [0, 0.1) is 0 Å². The van der Waals surface area contributed by atoms with Gasteiger partial charge in [0.1, 0.15) is 17.1 Å². The molecule has 2 aromatic rings. The average Bonchev–Trinajstić information content (AvgIpc) is 2.45. The Balaban J connectivity index is 2.37. The molecule has 0 spiro atoms. The van der Waals surface area contributed by atoms with Gasteiger partial charge in [-0.2, -0.15) is 0 Å². The Morgan fingerprint density at radius 3 is 2.22 bits per heavy atom. The number of benzene rings is 1. The van der Waals surface area contributed by atoms with Crippen molar-refractivity contribution in [3.63, 3.8) is 0 Å². The van der Waals surface area contributed by atoms with E-state index in [4.69, 9.17) is 4.74 Å². The topological polar surface area (TPSA) is 63.7 Å². The predicted octanol–water partition coefficient (Wildman–Crippen LogP) is 2.06. The van der Waals surface area contributed by atoms with E-state index >= 15 is 0 Å². The fourth-order valence-electron chi connectivity index (χ4n) is 2.33. The largest absolute Gasteiger partial charge is 0.482 e. The molecule has 0 heterocycles. The van der Waals surface area contributed by atoms with Crippen LogP contribution in [0.25, 0.3) is 0 Å². The zero-order valence-corrected chi connectivity index (χ0v) is 13.9. The highest BCUT2D eigenvalue weighted by atomic mass is 16.5. The number of nitrogens with zero attached hydrogens (tertiary/aromatic N) is 1. The molecule has 0 atom stereocenters. The summed E-state index contributed by atoms with van der Waals surface area (Å²) < 4.78 is 5.63. The molecule has 5 nitrogen and oxygen atoms in total. The summed E-state index contributed by atoms with van der Waals surface area (Å²) in [5, 5.41) is 0. The molecule has 2 rings (SSSR count). The van der Waals surface area contributed by atoms with Crippen LogP contribution >= 0.6 is 0 Å². The summed E-state index contributed by atoms with van der Waals surface area (Å²) in [6.45, 7) is 7.29. The summed E-state index contributed by atoms with van der Waals surface area (Å²) in [5.41, 5.74) is -0.670. The van der Waals surface area contributed by atoms with Crippen molar-refractivity contribution in [3.8, 4) is 5.75 Å². The van der Waals surface area contributed by atoms with E-state index < -0.39 is 16.5 Å². The molecular formula is C18H21NO4.